The maximum atomic E-state index is 13.2. The second kappa shape index (κ2) is 4.97. The van der Waals surface area contributed by atoms with E-state index in [2.05, 4.69) is 10.3 Å². The van der Waals surface area contributed by atoms with Gasteiger partial charge in [-0.1, -0.05) is 0 Å². The van der Waals surface area contributed by atoms with Crippen LogP contribution in [-0.4, -0.2) is 16.0 Å². The van der Waals surface area contributed by atoms with Gasteiger partial charge in [-0.25, -0.2) is 4.39 Å². The van der Waals surface area contributed by atoms with E-state index >= 15 is 0 Å². The average molecular weight is 268 g/mol. The van der Waals surface area contributed by atoms with Crippen molar-refractivity contribution in [3.05, 3.63) is 53.6 Å². The zero-order valence-corrected chi connectivity index (χ0v) is 9.32. The maximum Gasteiger partial charge on any atom is 0.259 e. The molecule has 1 aromatic heterocycles. The molecule has 1 amide bonds. The van der Waals surface area contributed by atoms with Gasteiger partial charge in [0.15, 0.2) is 0 Å². The van der Waals surface area contributed by atoms with Crippen LogP contribution in [0, 0.1) is 17.7 Å². The fourth-order valence-electron chi connectivity index (χ4n) is 1.39. The van der Waals surface area contributed by atoms with Crippen molar-refractivity contribution in [3.8, 4) is 5.75 Å². The first-order valence-corrected chi connectivity index (χ1v) is 5.09. The highest BCUT2D eigenvalue weighted by Gasteiger charge is 2.14. The van der Waals surface area contributed by atoms with Crippen molar-refractivity contribution >= 4 is 11.6 Å². The monoisotopic (exact) mass is 268 g/mol. The molecular formula is C12H7F3N2O2. The summed E-state index contributed by atoms with van der Waals surface area (Å²) in [5, 5.41) is 11.5. The number of nitrogens with zero attached hydrogens (tertiary/aromatic N) is 1. The smallest absolute Gasteiger partial charge is 0.259 e. The van der Waals surface area contributed by atoms with Crippen LogP contribution in [0.1, 0.15) is 10.4 Å². The number of pyridine rings is 1. The quantitative estimate of drug-likeness (QED) is 0.822. The van der Waals surface area contributed by atoms with E-state index in [-0.39, 0.29) is 11.3 Å². The van der Waals surface area contributed by atoms with Gasteiger partial charge in [-0.05, 0) is 24.3 Å². The molecule has 0 saturated heterocycles. The van der Waals surface area contributed by atoms with E-state index in [0.29, 0.717) is 0 Å². The maximum absolute atomic E-state index is 13.2. The van der Waals surface area contributed by atoms with Gasteiger partial charge in [-0.15, -0.1) is 0 Å². The Kier molecular flexibility index (Phi) is 3.37. The number of aromatic hydroxyl groups is 1. The Bertz CT molecular complexity index is 647. The Morgan fingerprint density at radius 3 is 2.53 bits per heavy atom. The number of hydrogen-bond donors (Lipinski definition) is 2. The molecule has 0 aliphatic carbocycles. The van der Waals surface area contributed by atoms with Gasteiger partial charge in [0.25, 0.3) is 5.91 Å². The minimum absolute atomic E-state index is 0.245. The van der Waals surface area contributed by atoms with Crippen LogP contribution in [0.2, 0.25) is 0 Å². The average Bonchev–Trinajstić information content (AvgIpc) is 2.32. The van der Waals surface area contributed by atoms with Crippen molar-refractivity contribution in [1.29, 1.82) is 0 Å². The molecule has 7 heteroatoms. The van der Waals surface area contributed by atoms with Crippen molar-refractivity contribution in [2.24, 2.45) is 0 Å². The largest absolute Gasteiger partial charge is 0.507 e. The molecule has 0 spiro atoms. The number of hydrogen-bond acceptors (Lipinski definition) is 3. The van der Waals surface area contributed by atoms with Crippen molar-refractivity contribution < 1.29 is 23.1 Å². The first kappa shape index (κ1) is 12.9. The minimum atomic E-state index is -1.20. The van der Waals surface area contributed by atoms with Crippen molar-refractivity contribution in [1.82, 2.24) is 4.98 Å². The molecule has 0 bridgehead atoms. The molecule has 0 saturated carbocycles. The second-order valence-electron chi connectivity index (χ2n) is 3.59. The van der Waals surface area contributed by atoms with Crippen LogP contribution in [0.25, 0.3) is 0 Å². The first-order chi connectivity index (χ1) is 8.97. The Labute approximate surface area is 105 Å². The van der Waals surface area contributed by atoms with Gasteiger partial charge in [0.1, 0.15) is 11.6 Å². The lowest BCUT2D eigenvalue weighted by molar-refractivity contribution is 0.102. The number of benzene rings is 1. The summed E-state index contributed by atoms with van der Waals surface area (Å²) in [4.78, 5) is 14.6. The topological polar surface area (TPSA) is 62.2 Å². The predicted octanol–water partition coefficient (Wildman–Crippen LogP) is 2.46. The van der Waals surface area contributed by atoms with E-state index in [1.165, 1.54) is 0 Å². The fraction of sp³-hybridized carbons (Fsp3) is 0. The number of carbonyl (C=O) groups excluding carboxylic acids is 1. The zero-order valence-electron chi connectivity index (χ0n) is 9.32. The van der Waals surface area contributed by atoms with Gasteiger partial charge in [-0.3, -0.25) is 4.79 Å². The van der Waals surface area contributed by atoms with E-state index in [4.69, 9.17) is 0 Å². The summed E-state index contributed by atoms with van der Waals surface area (Å²) in [6.07, 6.45) is 0. The highest BCUT2D eigenvalue weighted by molar-refractivity contribution is 6.06. The third kappa shape index (κ3) is 2.82. The third-order valence-corrected chi connectivity index (χ3v) is 2.27. The van der Waals surface area contributed by atoms with Gasteiger partial charge >= 0.3 is 0 Å². The summed E-state index contributed by atoms with van der Waals surface area (Å²) in [6.45, 7) is 0. The molecule has 0 atom stereocenters. The SMILES string of the molecule is O=C(Nc1ccc(F)nc1F)c1ccc(F)cc1O. The van der Waals surface area contributed by atoms with Crippen molar-refractivity contribution in [2.45, 2.75) is 0 Å². The summed E-state index contributed by atoms with van der Waals surface area (Å²) in [5.41, 5.74) is -0.597. The molecule has 0 fully saturated rings. The van der Waals surface area contributed by atoms with Crippen LogP contribution in [0.3, 0.4) is 0 Å². The highest BCUT2D eigenvalue weighted by atomic mass is 19.1. The van der Waals surface area contributed by atoms with E-state index in [0.717, 1.165) is 30.3 Å². The molecule has 98 valence electrons. The first-order valence-electron chi connectivity index (χ1n) is 5.09. The summed E-state index contributed by atoms with van der Waals surface area (Å²) in [6, 6.07) is 4.59. The Morgan fingerprint density at radius 2 is 1.89 bits per heavy atom. The Hall–Kier alpha value is -2.57. The van der Waals surface area contributed by atoms with E-state index in [1.54, 1.807) is 0 Å². The lowest BCUT2D eigenvalue weighted by atomic mass is 10.2. The lowest BCUT2D eigenvalue weighted by Crippen LogP contribution is -2.14. The van der Waals surface area contributed by atoms with E-state index in [9.17, 15) is 23.1 Å². The lowest BCUT2D eigenvalue weighted by Gasteiger charge is -2.07. The van der Waals surface area contributed by atoms with Gasteiger partial charge < -0.3 is 10.4 Å². The summed E-state index contributed by atoms with van der Waals surface area (Å²) in [5.74, 6) is -4.41. The predicted molar refractivity (Wildman–Crippen MR) is 60.2 cm³/mol. The minimum Gasteiger partial charge on any atom is -0.507 e. The van der Waals surface area contributed by atoms with Crippen LogP contribution in [-0.2, 0) is 0 Å². The summed E-state index contributed by atoms with van der Waals surface area (Å²) < 4.78 is 38.5. The molecule has 1 aromatic carbocycles. The molecule has 19 heavy (non-hydrogen) atoms. The second-order valence-corrected chi connectivity index (χ2v) is 3.59. The van der Waals surface area contributed by atoms with Crippen LogP contribution in [0.5, 0.6) is 5.75 Å². The molecule has 0 aliphatic heterocycles. The number of carbonyl (C=O) groups is 1. The van der Waals surface area contributed by atoms with E-state index in [1.807, 2.05) is 0 Å². The molecule has 2 rings (SSSR count). The third-order valence-electron chi connectivity index (χ3n) is 2.27. The van der Waals surface area contributed by atoms with Gasteiger partial charge in [0.05, 0.1) is 11.3 Å². The van der Waals surface area contributed by atoms with Crippen molar-refractivity contribution in [2.75, 3.05) is 5.32 Å². The fourth-order valence-corrected chi connectivity index (χ4v) is 1.39. The number of halogens is 3. The normalized spacial score (nSPS) is 10.3. The van der Waals surface area contributed by atoms with Crippen LogP contribution < -0.4 is 5.32 Å². The number of amides is 1. The van der Waals surface area contributed by atoms with Crippen molar-refractivity contribution in [3.63, 3.8) is 0 Å². The van der Waals surface area contributed by atoms with Crippen LogP contribution >= 0.6 is 0 Å². The number of aromatic nitrogens is 1. The number of phenols is 1. The number of nitrogens with one attached hydrogen (secondary N) is 1. The molecule has 2 aromatic rings. The molecule has 1 heterocycles. The Morgan fingerprint density at radius 1 is 1.16 bits per heavy atom. The summed E-state index contributed by atoms with van der Waals surface area (Å²) in [7, 11) is 0. The molecule has 4 nitrogen and oxygen atoms in total. The number of rotatable bonds is 2. The number of anilines is 1. The Balaban J connectivity index is 2.25. The van der Waals surface area contributed by atoms with Crippen LogP contribution in [0.4, 0.5) is 18.9 Å². The van der Waals surface area contributed by atoms with Gasteiger partial charge in [0.2, 0.25) is 11.9 Å². The molecule has 2 N–H and O–H groups in total. The van der Waals surface area contributed by atoms with Gasteiger partial charge in [-0.2, -0.15) is 13.8 Å². The molecule has 0 aliphatic rings. The number of phenolic OH excluding ortho intramolecular Hbond substituents is 1. The standard InChI is InChI=1S/C12H7F3N2O2/c13-6-1-2-7(9(18)5-6)12(19)16-8-3-4-10(14)17-11(8)15/h1-5,18H,(H,16,19). The van der Waals surface area contributed by atoms with Gasteiger partial charge in [0, 0.05) is 6.07 Å². The van der Waals surface area contributed by atoms with E-state index < -0.39 is 29.4 Å². The zero-order chi connectivity index (χ0) is 14.0. The molecule has 0 radical (unpaired) electrons. The molecule has 0 unspecified atom stereocenters. The molecular weight excluding hydrogens is 261 g/mol. The van der Waals surface area contributed by atoms with Crippen LogP contribution in [0.15, 0.2) is 30.3 Å². The highest BCUT2D eigenvalue weighted by Crippen LogP contribution is 2.20. The summed E-state index contributed by atoms with van der Waals surface area (Å²) >= 11 is 0.